The Kier molecular flexibility index (Phi) is 2.51. The lowest BCUT2D eigenvalue weighted by Crippen LogP contribution is -1.88. The molecule has 60 valence electrons. The van der Waals surface area contributed by atoms with Gasteiger partial charge in [0.05, 0.1) is 4.92 Å². The van der Waals surface area contributed by atoms with Gasteiger partial charge in [-0.3, -0.25) is 10.1 Å². The molecular formula is C6H7NO2S2. The van der Waals surface area contributed by atoms with Crippen molar-refractivity contribution in [2.75, 3.05) is 6.26 Å². The predicted molar refractivity (Wildman–Crippen MR) is 47.5 cm³/mol. The van der Waals surface area contributed by atoms with Crippen LogP contribution in [0.5, 0.6) is 0 Å². The number of thiophene rings is 1. The maximum atomic E-state index is 10.5. The van der Waals surface area contributed by atoms with Crippen LogP contribution in [0.3, 0.4) is 0 Å². The van der Waals surface area contributed by atoms with Crippen LogP contribution in [0.25, 0.3) is 0 Å². The third-order valence-electron chi connectivity index (χ3n) is 1.28. The number of rotatable bonds is 2. The molecule has 0 aliphatic heterocycles. The zero-order valence-corrected chi connectivity index (χ0v) is 7.79. The van der Waals surface area contributed by atoms with Gasteiger partial charge in [0.1, 0.15) is 4.21 Å². The van der Waals surface area contributed by atoms with E-state index in [9.17, 15) is 10.1 Å². The van der Waals surface area contributed by atoms with Gasteiger partial charge in [0.2, 0.25) is 0 Å². The van der Waals surface area contributed by atoms with Crippen molar-refractivity contribution in [3.63, 3.8) is 0 Å². The molecule has 1 aromatic rings. The molecule has 3 nitrogen and oxygen atoms in total. The zero-order valence-electron chi connectivity index (χ0n) is 6.16. The summed E-state index contributed by atoms with van der Waals surface area (Å²) in [6.45, 7) is 1.76. The first-order chi connectivity index (χ1) is 5.16. The Hall–Kier alpha value is -0.550. The quantitative estimate of drug-likeness (QED) is 0.408. The fourth-order valence-corrected chi connectivity index (χ4v) is 2.48. The van der Waals surface area contributed by atoms with Crippen LogP contribution in [0.2, 0.25) is 0 Å². The van der Waals surface area contributed by atoms with Gasteiger partial charge in [-0.2, -0.15) is 0 Å². The number of hydrogen-bond acceptors (Lipinski definition) is 4. The van der Waals surface area contributed by atoms with E-state index < -0.39 is 0 Å². The van der Waals surface area contributed by atoms with Gasteiger partial charge in [0.25, 0.3) is 5.69 Å². The Morgan fingerprint density at radius 3 is 2.73 bits per heavy atom. The molecule has 0 atom stereocenters. The average molecular weight is 189 g/mol. The number of aryl methyl sites for hydroxylation is 1. The third kappa shape index (κ3) is 1.54. The summed E-state index contributed by atoms with van der Waals surface area (Å²) < 4.78 is 0.785. The van der Waals surface area contributed by atoms with Gasteiger partial charge in [0.15, 0.2) is 0 Å². The molecule has 0 bridgehead atoms. The molecule has 0 fully saturated rings. The molecule has 0 amide bonds. The summed E-state index contributed by atoms with van der Waals surface area (Å²) in [6.07, 6.45) is 1.85. The number of nitro groups is 1. The lowest BCUT2D eigenvalue weighted by atomic mass is 10.3. The first-order valence-electron chi connectivity index (χ1n) is 2.93. The van der Waals surface area contributed by atoms with Gasteiger partial charge in [0, 0.05) is 10.9 Å². The van der Waals surface area contributed by atoms with E-state index in [0.29, 0.717) is 0 Å². The van der Waals surface area contributed by atoms with Crippen LogP contribution in [0, 0.1) is 17.0 Å². The summed E-state index contributed by atoms with van der Waals surface area (Å²) in [6, 6.07) is 0. The lowest BCUT2D eigenvalue weighted by molar-refractivity contribution is -0.387. The molecule has 0 aliphatic carbocycles. The van der Waals surface area contributed by atoms with Crippen LogP contribution in [-0.4, -0.2) is 11.2 Å². The standard InChI is InChI=1S/C6H7NO2S2/c1-4-3-11-6(10-2)5(4)7(8)9/h3H,1-2H3. The molecule has 1 rings (SSSR count). The molecule has 0 aromatic carbocycles. The zero-order chi connectivity index (χ0) is 8.43. The lowest BCUT2D eigenvalue weighted by Gasteiger charge is -1.90. The highest BCUT2D eigenvalue weighted by molar-refractivity contribution is 8.00. The number of nitrogens with zero attached hydrogens (tertiary/aromatic N) is 1. The maximum Gasteiger partial charge on any atom is 0.296 e. The van der Waals surface area contributed by atoms with Crippen LogP contribution in [0.15, 0.2) is 9.59 Å². The highest BCUT2D eigenvalue weighted by Gasteiger charge is 2.18. The van der Waals surface area contributed by atoms with E-state index in [0.717, 1.165) is 9.77 Å². The van der Waals surface area contributed by atoms with E-state index in [1.165, 1.54) is 23.1 Å². The topological polar surface area (TPSA) is 43.1 Å². The van der Waals surface area contributed by atoms with Crippen LogP contribution >= 0.6 is 23.1 Å². The maximum absolute atomic E-state index is 10.5. The molecule has 0 saturated carbocycles. The smallest absolute Gasteiger partial charge is 0.258 e. The molecule has 0 aliphatic rings. The Labute approximate surface area is 72.6 Å². The van der Waals surface area contributed by atoms with E-state index in [-0.39, 0.29) is 10.6 Å². The second-order valence-electron chi connectivity index (χ2n) is 2.02. The molecule has 0 spiro atoms. The summed E-state index contributed by atoms with van der Waals surface area (Å²) >= 11 is 2.85. The van der Waals surface area contributed by atoms with E-state index in [4.69, 9.17) is 0 Å². The first-order valence-corrected chi connectivity index (χ1v) is 5.03. The molecule has 0 N–H and O–H groups in total. The first kappa shape index (κ1) is 8.55. The highest BCUT2D eigenvalue weighted by Crippen LogP contribution is 2.36. The minimum Gasteiger partial charge on any atom is -0.258 e. The molecular weight excluding hydrogens is 182 g/mol. The predicted octanol–water partition coefficient (Wildman–Crippen LogP) is 2.69. The van der Waals surface area contributed by atoms with Crippen LogP contribution < -0.4 is 0 Å². The van der Waals surface area contributed by atoms with Crippen molar-refractivity contribution in [3.8, 4) is 0 Å². The van der Waals surface area contributed by atoms with Crippen molar-refractivity contribution in [2.24, 2.45) is 0 Å². The molecule has 1 heterocycles. The summed E-state index contributed by atoms with van der Waals surface area (Å²) in [5.41, 5.74) is 1.02. The largest absolute Gasteiger partial charge is 0.296 e. The molecule has 5 heteroatoms. The van der Waals surface area contributed by atoms with Crippen molar-refractivity contribution < 1.29 is 4.92 Å². The fourth-order valence-electron chi connectivity index (χ4n) is 0.778. The second kappa shape index (κ2) is 3.23. The van der Waals surface area contributed by atoms with E-state index in [1.54, 1.807) is 6.92 Å². The van der Waals surface area contributed by atoms with Gasteiger partial charge < -0.3 is 0 Å². The fraction of sp³-hybridized carbons (Fsp3) is 0.333. The Balaban J connectivity index is 3.17. The van der Waals surface area contributed by atoms with Crippen LogP contribution in [-0.2, 0) is 0 Å². The minimum absolute atomic E-state index is 0.266. The number of thioether (sulfide) groups is 1. The van der Waals surface area contributed by atoms with Gasteiger partial charge in [-0.25, -0.2) is 0 Å². The molecule has 0 radical (unpaired) electrons. The van der Waals surface area contributed by atoms with E-state index >= 15 is 0 Å². The molecule has 1 aromatic heterocycles. The Morgan fingerprint density at radius 1 is 1.73 bits per heavy atom. The van der Waals surface area contributed by atoms with Crippen molar-refractivity contribution in [1.29, 1.82) is 0 Å². The van der Waals surface area contributed by atoms with Gasteiger partial charge >= 0.3 is 0 Å². The van der Waals surface area contributed by atoms with Gasteiger partial charge in [-0.1, -0.05) is 0 Å². The van der Waals surface area contributed by atoms with Gasteiger partial charge in [-0.05, 0) is 13.2 Å². The number of hydrogen-bond donors (Lipinski definition) is 0. The molecule has 11 heavy (non-hydrogen) atoms. The Morgan fingerprint density at radius 2 is 2.36 bits per heavy atom. The Bertz CT molecular complexity index is 282. The second-order valence-corrected chi connectivity index (χ2v) is 3.97. The van der Waals surface area contributed by atoms with Gasteiger partial charge in [-0.15, -0.1) is 23.1 Å². The minimum atomic E-state index is -0.322. The highest BCUT2D eigenvalue weighted by atomic mass is 32.2. The average Bonchev–Trinajstić information content (AvgIpc) is 2.30. The molecule has 0 saturated heterocycles. The normalized spacial score (nSPS) is 10.0. The SMILES string of the molecule is CSc1scc(C)c1[N+](=O)[O-]. The van der Waals surface area contributed by atoms with Crippen LogP contribution in [0.4, 0.5) is 5.69 Å². The summed E-state index contributed by atoms with van der Waals surface area (Å²) in [5, 5.41) is 12.3. The van der Waals surface area contributed by atoms with E-state index in [1.807, 2.05) is 11.6 Å². The van der Waals surface area contributed by atoms with Crippen molar-refractivity contribution in [1.82, 2.24) is 0 Å². The van der Waals surface area contributed by atoms with Crippen LogP contribution in [0.1, 0.15) is 5.56 Å². The summed E-state index contributed by atoms with van der Waals surface area (Å²) in [7, 11) is 0. The van der Waals surface area contributed by atoms with E-state index in [2.05, 4.69) is 0 Å². The van der Waals surface area contributed by atoms with Crippen molar-refractivity contribution >= 4 is 28.8 Å². The summed E-state index contributed by atoms with van der Waals surface area (Å²) in [4.78, 5) is 10.1. The monoisotopic (exact) mass is 189 g/mol. The molecule has 0 unspecified atom stereocenters. The third-order valence-corrected chi connectivity index (χ3v) is 3.51. The summed E-state index contributed by atoms with van der Waals surface area (Å²) in [5.74, 6) is 0. The van der Waals surface area contributed by atoms with Crippen molar-refractivity contribution in [3.05, 3.63) is 21.1 Å². The van der Waals surface area contributed by atoms with Crippen molar-refractivity contribution in [2.45, 2.75) is 11.1 Å².